The van der Waals surface area contributed by atoms with Crippen LogP contribution in [0.5, 0.6) is 0 Å². The number of aromatic nitrogens is 1. The third kappa shape index (κ3) is 2.00. The number of aliphatic hydroxyl groups is 1. The van der Waals surface area contributed by atoms with Gasteiger partial charge in [0.05, 0.1) is 5.02 Å². The van der Waals surface area contributed by atoms with Gasteiger partial charge >= 0.3 is 0 Å². The van der Waals surface area contributed by atoms with Gasteiger partial charge in [-0.3, -0.25) is 0 Å². The summed E-state index contributed by atoms with van der Waals surface area (Å²) in [6.45, 7) is -0.220. The van der Waals surface area contributed by atoms with Crippen molar-refractivity contribution in [2.45, 2.75) is 6.61 Å². The van der Waals surface area contributed by atoms with E-state index in [0.29, 0.717) is 17.0 Å². The van der Waals surface area contributed by atoms with Crippen LogP contribution in [0.1, 0.15) is 5.76 Å². The Labute approximate surface area is 90.1 Å². The van der Waals surface area contributed by atoms with Gasteiger partial charge < -0.3 is 9.63 Å². The van der Waals surface area contributed by atoms with E-state index in [2.05, 4.69) is 5.16 Å². The molecule has 1 aromatic heterocycles. The molecule has 0 aliphatic rings. The number of hydrogen-bond acceptors (Lipinski definition) is 3. The molecule has 15 heavy (non-hydrogen) atoms. The molecule has 1 heterocycles. The maximum Gasteiger partial charge on any atom is 0.162 e. The highest BCUT2D eigenvalue weighted by molar-refractivity contribution is 6.31. The second-order valence-corrected chi connectivity index (χ2v) is 3.37. The summed E-state index contributed by atoms with van der Waals surface area (Å²) < 4.78 is 17.7. The number of halogens is 2. The summed E-state index contributed by atoms with van der Waals surface area (Å²) in [6, 6.07) is 5.82. The molecule has 0 amide bonds. The second kappa shape index (κ2) is 4.00. The van der Waals surface area contributed by atoms with Crippen molar-refractivity contribution in [3.63, 3.8) is 0 Å². The van der Waals surface area contributed by atoms with E-state index in [1.54, 1.807) is 12.1 Å². The predicted octanol–water partition coefficient (Wildman–Crippen LogP) is 2.63. The fraction of sp³-hybridized carbons (Fsp3) is 0.100. The van der Waals surface area contributed by atoms with Crippen LogP contribution in [0.2, 0.25) is 5.02 Å². The Kier molecular flexibility index (Phi) is 2.70. The molecule has 0 radical (unpaired) electrons. The van der Waals surface area contributed by atoms with E-state index in [1.165, 1.54) is 12.1 Å². The highest BCUT2D eigenvalue weighted by Crippen LogP contribution is 2.24. The molecule has 0 aliphatic carbocycles. The molecule has 0 bridgehead atoms. The van der Waals surface area contributed by atoms with Gasteiger partial charge in [-0.25, -0.2) is 4.39 Å². The molecule has 0 spiro atoms. The van der Waals surface area contributed by atoms with Crippen molar-refractivity contribution in [1.82, 2.24) is 5.16 Å². The Bertz CT molecular complexity index is 484. The van der Waals surface area contributed by atoms with E-state index in [1.807, 2.05) is 0 Å². The lowest BCUT2D eigenvalue weighted by atomic mass is 10.1. The molecule has 0 saturated carbocycles. The minimum atomic E-state index is -0.480. The molecular formula is C10H7ClFNO2. The van der Waals surface area contributed by atoms with Crippen LogP contribution in [0.25, 0.3) is 11.3 Å². The van der Waals surface area contributed by atoms with Crippen LogP contribution in [0.15, 0.2) is 28.8 Å². The van der Waals surface area contributed by atoms with Crippen LogP contribution >= 0.6 is 11.6 Å². The van der Waals surface area contributed by atoms with Crippen LogP contribution < -0.4 is 0 Å². The van der Waals surface area contributed by atoms with Crippen molar-refractivity contribution in [2.24, 2.45) is 0 Å². The third-order valence-electron chi connectivity index (χ3n) is 1.93. The molecule has 0 aliphatic heterocycles. The van der Waals surface area contributed by atoms with Crippen molar-refractivity contribution < 1.29 is 14.0 Å². The van der Waals surface area contributed by atoms with Crippen LogP contribution in [0.4, 0.5) is 4.39 Å². The summed E-state index contributed by atoms with van der Waals surface area (Å²) in [6.07, 6.45) is 0. The summed E-state index contributed by atoms with van der Waals surface area (Å²) in [5.41, 5.74) is 1.16. The molecule has 0 atom stereocenters. The Morgan fingerprint density at radius 2 is 2.20 bits per heavy atom. The Morgan fingerprint density at radius 3 is 2.80 bits per heavy atom. The molecule has 1 aromatic carbocycles. The van der Waals surface area contributed by atoms with Gasteiger partial charge in [0, 0.05) is 11.6 Å². The number of rotatable bonds is 2. The predicted molar refractivity (Wildman–Crippen MR) is 52.8 cm³/mol. The van der Waals surface area contributed by atoms with E-state index in [4.69, 9.17) is 21.2 Å². The lowest BCUT2D eigenvalue weighted by molar-refractivity contribution is 0.229. The Balaban J connectivity index is 2.40. The molecule has 2 aromatic rings. The molecule has 2 rings (SSSR count). The van der Waals surface area contributed by atoms with Crippen molar-refractivity contribution in [2.75, 3.05) is 0 Å². The largest absolute Gasteiger partial charge is 0.388 e. The number of aliphatic hydroxyl groups excluding tert-OH is 1. The van der Waals surface area contributed by atoms with E-state index < -0.39 is 5.82 Å². The lowest BCUT2D eigenvalue weighted by Gasteiger charge is -1.97. The summed E-state index contributed by atoms with van der Waals surface area (Å²) in [7, 11) is 0. The van der Waals surface area contributed by atoms with Gasteiger partial charge in [0.15, 0.2) is 5.76 Å². The zero-order valence-electron chi connectivity index (χ0n) is 7.58. The van der Waals surface area contributed by atoms with Gasteiger partial charge in [0.25, 0.3) is 0 Å². The molecule has 78 valence electrons. The van der Waals surface area contributed by atoms with Crippen LogP contribution in [-0.2, 0) is 6.61 Å². The van der Waals surface area contributed by atoms with E-state index in [9.17, 15) is 4.39 Å². The minimum absolute atomic E-state index is 0.0287. The normalized spacial score (nSPS) is 10.6. The SMILES string of the molecule is OCc1cc(-c2ccc(F)c(Cl)c2)no1. The standard InChI is InChI=1S/C10H7ClFNO2/c11-8-3-6(1-2-9(8)12)10-4-7(5-14)15-13-10/h1-4,14H,5H2. The van der Waals surface area contributed by atoms with Gasteiger partial charge in [-0.2, -0.15) is 0 Å². The molecule has 0 unspecified atom stereocenters. The first-order valence-corrected chi connectivity index (χ1v) is 4.60. The number of nitrogens with zero attached hydrogens (tertiary/aromatic N) is 1. The summed E-state index contributed by atoms with van der Waals surface area (Å²) in [4.78, 5) is 0. The summed E-state index contributed by atoms with van der Waals surface area (Å²) in [5.74, 6) is -0.128. The van der Waals surface area contributed by atoms with Gasteiger partial charge in [-0.05, 0) is 18.2 Å². The van der Waals surface area contributed by atoms with Crippen LogP contribution in [0, 0.1) is 5.82 Å². The first-order valence-electron chi connectivity index (χ1n) is 4.22. The quantitative estimate of drug-likeness (QED) is 0.858. The van der Waals surface area contributed by atoms with Gasteiger partial charge in [0.1, 0.15) is 18.1 Å². The van der Waals surface area contributed by atoms with E-state index in [0.717, 1.165) is 0 Å². The van der Waals surface area contributed by atoms with Crippen molar-refractivity contribution in [3.05, 3.63) is 40.9 Å². The minimum Gasteiger partial charge on any atom is -0.388 e. The Morgan fingerprint density at radius 1 is 1.40 bits per heavy atom. The van der Waals surface area contributed by atoms with Gasteiger partial charge in [-0.1, -0.05) is 16.8 Å². The van der Waals surface area contributed by atoms with Gasteiger partial charge in [-0.15, -0.1) is 0 Å². The molecule has 1 N–H and O–H groups in total. The monoisotopic (exact) mass is 227 g/mol. The number of benzene rings is 1. The average Bonchev–Trinajstić information content (AvgIpc) is 2.70. The molecule has 5 heteroatoms. The van der Waals surface area contributed by atoms with E-state index in [-0.39, 0.29) is 11.6 Å². The summed E-state index contributed by atoms with van der Waals surface area (Å²) >= 11 is 5.62. The van der Waals surface area contributed by atoms with Crippen LogP contribution in [0.3, 0.4) is 0 Å². The summed E-state index contributed by atoms with van der Waals surface area (Å²) in [5, 5.41) is 12.5. The zero-order chi connectivity index (χ0) is 10.8. The highest BCUT2D eigenvalue weighted by Gasteiger charge is 2.07. The van der Waals surface area contributed by atoms with Crippen molar-refractivity contribution in [1.29, 1.82) is 0 Å². The zero-order valence-corrected chi connectivity index (χ0v) is 8.33. The second-order valence-electron chi connectivity index (χ2n) is 2.97. The fourth-order valence-corrected chi connectivity index (χ4v) is 1.36. The first-order chi connectivity index (χ1) is 7.20. The Hall–Kier alpha value is -1.39. The molecular weight excluding hydrogens is 221 g/mol. The maximum atomic E-state index is 12.9. The van der Waals surface area contributed by atoms with E-state index >= 15 is 0 Å². The molecule has 0 fully saturated rings. The topological polar surface area (TPSA) is 46.3 Å². The van der Waals surface area contributed by atoms with Crippen molar-refractivity contribution in [3.8, 4) is 11.3 Å². The smallest absolute Gasteiger partial charge is 0.162 e. The third-order valence-corrected chi connectivity index (χ3v) is 2.22. The molecule has 3 nitrogen and oxygen atoms in total. The fourth-order valence-electron chi connectivity index (χ4n) is 1.18. The highest BCUT2D eigenvalue weighted by atomic mass is 35.5. The average molecular weight is 228 g/mol. The van der Waals surface area contributed by atoms with Crippen molar-refractivity contribution >= 4 is 11.6 Å². The van der Waals surface area contributed by atoms with Gasteiger partial charge in [0.2, 0.25) is 0 Å². The first kappa shape index (κ1) is 10.1. The molecule has 0 saturated heterocycles. The lowest BCUT2D eigenvalue weighted by Crippen LogP contribution is -1.80. The van der Waals surface area contributed by atoms with Crippen LogP contribution in [-0.4, -0.2) is 10.3 Å². The maximum absolute atomic E-state index is 12.9. The number of hydrogen-bond donors (Lipinski definition) is 1.